The summed E-state index contributed by atoms with van der Waals surface area (Å²) >= 11 is 0. The molecule has 1 aromatic rings. The second-order valence-corrected chi connectivity index (χ2v) is 6.75. The molecule has 1 aliphatic rings. The van der Waals surface area contributed by atoms with Crippen LogP contribution in [0.2, 0.25) is 0 Å². The van der Waals surface area contributed by atoms with E-state index in [-0.39, 0.29) is 24.1 Å². The molecule has 0 unspecified atom stereocenters. The molecular weight excluding hydrogens is 362 g/mol. The Labute approximate surface area is 163 Å². The third kappa shape index (κ3) is 6.61. The van der Waals surface area contributed by atoms with Crippen LogP contribution >= 0.6 is 0 Å². The van der Waals surface area contributed by atoms with Crippen LogP contribution in [0, 0.1) is 0 Å². The molecule has 3 amide bonds. The quantitative estimate of drug-likeness (QED) is 0.275. The van der Waals surface area contributed by atoms with Crippen LogP contribution in [0.15, 0.2) is 29.4 Å². The highest BCUT2D eigenvalue weighted by Gasteiger charge is 2.27. The minimum Gasteiger partial charge on any atom is -0.481 e. The number of carbonyl (C=O) groups is 4. The Bertz CT molecular complexity index is 755. The van der Waals surface area contributed by atoms with E-state index < -0.39 is 5.97 Å². The Morgan fingerprint density at radius 2 is 1.71 bits per heavy atom. The van der Waals surface area contributed by atoms with E-state index in [2.05, 4.69) is 10.5 Å². The summed E-state index contributed by atoms with van der Waals surface area (Å²) in [5.74, 6) is -1.30. The number of hydrogen-bond acceptors (Lipinski definition) is 5. The number of likely N-dealkylation sites (tertiary alicyclic amines) is 1. The highest BCUT2D eigenvalue weighted by Crippen LogP contribution is 2.13. The molecule has 1 fully saturated rings. The monoisotopic (exact) mass is 387 g/mol. The van der Waals surface area contributed by atoms with Crippen molar-refractivity contribution in [2.75, 3.05) is 6.54 Å². The Balaban J connectivity index is 1.67. The predicted molar refractivity (Wildman–Crippen MR) is 103 cm³/mol. The Morgan fingerprint density at radius 3 is 2.32 bits per heavy atom. The number of benzene rings is 1. The fraction of sp³-hybridized carbons (Fsp3) is 0.450. The number of carboxylic acid groups (broad SMARTS) is 1. The summed E-state index contributed by atoms with van der Waals surface area (Å²) in [7, 11) is 0. The van der Waals surface area contributed by atoms with E-state index in [9.17, 15) is 19.2 Å². The zero-order valence-corrected chi connectivity index (χ0v) is 15.9. The van der Waals surface area contributed by atoms with Crippen molar-refractivity contribution in [3.05, 3.63) is 35.4 Å². The lowest BCUT2D eigenvalue weighted by atomic mass is 10.1. The van der Waals surface area contributed by atoms with Gasteiger partial charge in [-0.1, -0.05) is 30.7 Å². The molecule has 0 radical (unpaired) electrons. The van der Waals surface area contributed by atoms with E-state index in [1.165, 1.54) is 4.90 Å². The third-order valence-electron chi connectivity index (χ3n) is 4.52. The molecule has 0 atom stereocenters. The number of aliphatic carboxylic acids is 1. The molecule has 1 aliphatic heterocycles. The van der Waals surface area contributed by atoms with Crippen molar-refractivity contribution in [2.45, 2.75) is 51.9 Å². The van der Waals surface area contributed by atoms with Gasteiger partial charge in [0.25, 0.3) is 0 Å². The van der Waals surface area contributed by atoms with Crippen molar-refractivity contribution >= 4 is 29.4 Å². The standard InChI is InChI=1S/C20H25N3O5/c1-14(16-8-6-15(7-9-16)13-20(27)28)21-22-17(24)5-3-2-4-12-23-18(25)10-11-19(23)26/h6-9H,2-5,10-13H2,1H3,(H,22,24)(H,27,28)/b21-14+. The molecule has 0 saturated carbocycles. The summed E-state index contributed by atoms with van der Waals surface area (Å²) in [5, 5.41) is 12.8. The van der Waals surface area contributed by atoms with Gasteiger partial charge in [-0.3, -0.25) is 24.1 Å². The number of carboxylic acids is 1. The number of nitrogens with one attached hydrogen (secondary N) is 1. The fourth-order valence-corrected chi connectivity index (χ4v) is 2.91. The zero-order valence-electron chi connectivity index (χ0n) is 15.9. The SMILES string of the molecule is C/C(=N\NC(=O)CCCCCN1C(=O)CCC1=O)c1ccc(CC(=O)O)cc1. The summed E-state index contributed by atoms with van der Waals surface area (Å²) in [6, 6.07) is 6.98. The molecule has 1 aromatic carbocycles. The third-order valence-corrected chi connectivity index (χ3v) is 4.52. The number of hydrogen-bond donors (Lipinski definition) is 2. The maximum absolute atomic E-state index is 11.9. The van der Waals surface area contributed by atoms with E-state index in [4.69, 9.17) is 5.11 Å². The number of unbranched alkanes of at least 4 members (excludes halogenated alkanes) is 2. The van der Waals surface area contributed by atoms with Crippen LogP contribution < -0.4 is 5.43 Å². The average molecular weight is 387 g/mol. The van der Waals surface area contributed by atoms with Crippen LogP contribution in [0.3, 0.4) is 0 Å². The molecule has 1 saturated heterocycles. The van der Waals surface area contributed by atoms with Crippen LogP contribution in [0.25, 0.3) is 0 Å². The molecule has 2 rings (SSSR count). The van der Waals surface area contributed by atoms with Crippen molar-refractivity contribution in [3.63, 3.8) is 0 Å². The van der Waals surface area contributed by atoms with E-state index in [1.807, 2.05) is 0 Å². The van der Waals surface area contributed by atoms with Gasteiger partial charge < -0.3 is 5.11 Å². The molecule has 28 heavy (non-hydrogen) atoms. The molecular formula is C20H25N3O5. The smallest absolute Gasteiger partial charge is 0.307 e. The van der Waals surface area contributed by atoms with Gasteiger partial charge in [-0.15, -0.1) is 0 Å². The van der Waals surface area contributed by atoms with Gasteiger partial charge in [-0.25, -0.2) is 5.43 Å². The number of hydrazone groups is 1. The molecule has 0 aromatic heterocycles. The van der Waals surface area contributed by atoms with Gasteiger partial charge in [-0.2, -0.15) is 5.10 Å². The summed E-state index contributed by atoms with van der Waals surface area (Å²) < 4.78 is 0. The van der Waals surface area contributed by atoms with Gasteiger partial charge >= 0.3 is 5.97 Å². The van der Waals surface area contributed by atoms with Crippen LogP contribution in [-0.4, -0.2) is 46.0 Å². The lowest BCUT2D eigenvalue weighted by Gasteiger charge is -2.12. The lowest BCUT2D eigenvalue weighted by molar-refractivity contribution is -0.139. The highest BCUT2D eigenvalue weighted by molar-refractivity contribution is 6.02. The number of carbonyl (C=O) groups excluding carboxylic acids is 3. The molecule has 0 spiro atoms. The average Bonchev–Trinajstić information content (AvgIpc) is 2.97. The number of nitrogens with zero attached hydrogens (tertiary/aromatic N) is 2. The van der Waals surface area contributed by atoms with Gasteiger partial charge in [0, 0.05) is 25.8 Å². The van der Waals surface area contributed by atoms with E-state index in [0.717, 1.165) is 12.0 Å². The largest absolute Gasteiger partial charge is 0.481 e. The van der Waals surface area contributed by atoms with E-state index in [1.54, 1.807) is 31.2 Å². The van der Waals surface area contributed by atoms with E-state index >= 15 is 0 Å². The normalized spacial score (nSPS) is 14.5. The van der Waals surface area contributed by atoms with Crippen molar-refractivity contribution in [1.29, 1.82) is 0 Å². The minimum absolute atomic E-state index is 0.0344. The van der Waals surface area contributed by atoms with Crippen LogP contribution in [0.4, 0.5) is 0 Å². The van der Waals surface area contributed by atoms with Crippen LogP contribution in [0.5, 0.6) is 0 Å². The van der Waals surface area contributed by atoms with Crippen LogP contribution in [0.1, 0.15) is 56.6 Å². The van der Waals surface area contributed by atoms with Crippen molar-refractivity contribution in [3.8, 4) is 0 Å². The van der Waals surface area contributed by atoms with Crippen molar-refractivity contribution in [2.24, 2.45) is 5.10 Å². The molecule has 2 N–H and O–H groups in total. The van der Waals surface area contributed by atoms with Crippen molar-refractivity contribution in [1.82, 2.24) is 10.3 Å². The molecule has 1 heterocycles. The molecule has 8 nitrogen and oxygen atoms in total. The van der Waals surface area contributed by atoms with Gasteiger partial charge in [-0.05, 0) is 30.9 Å². The van der Waals surface area contributed by atoms with Gasteiger partial charge in [0.15, 0.2) is 0 Å². The summed E-state index contributed by atoms with van der Waals surface area (Å²) in [6.07, 6.45) is 2.99. The van der Waals surface area contributed by atoms with Gasteiger partial charge in [0.1, 0.15) is 0 Å². The first-order chi connectivity index (χ1) is 13.4. The first-order valence-corrected chi connectivity index (χ1v) is 9.34. The number of rotatable bonds is 10. The zero-order chi connectivity index (χ0) is 20.5. The first-order valence-electron chi connectivity index (χ1n) is 9.34. The van der Waals surface area contributed by atoms with E-state index in [0.29, 0.717) is 49.9 Å². The maximum Gasteiger partial charge on any atom is 0.307 e. The Morgan fingerprint density at radius 1 is 1.07 bits per heavy atom. The van der Waals surface area contributed by atoms with Gasteiger partial charge in [0.2, 0.25) is 17.7 Å². The van der Waals surface area contributed by atoms with Gasteiger partial charge in [0.05, 0.1) is 12.1 Å². The Hall–Kier alpha value is -3.03. The number of imide groups is 1. The topological polar surface area (TPSA) is 116 Å². The second-order valence-electron chi connectivity index (χ2n) is 6.75. The maximum atomic E-state index is 11.9. The predicted octanol–water partition coefficient (Wildman–Crippen LogP) is 1.86. The summed E-state index contributed by atoms with van der Waals surface area (Å²) in [5.41, 5.74) is 4.64. The fourth-order valence-electron chi connectivity index (χ4n) is 2.91. The second kappa shape index (κ2) is 10.3. The number of amides is 3. The molecule has 0 bridgehead atoms. The summed E-state index contributed by atoms with van der Waals surface area (Å²) in [6.45, 7) is 2.19. The molecule has 150 valence electrons. The lowest BCUT2D eigenvalue weighted by Crippen LogP contribution is -2.30. The Kier molecular flexibility index (Phi) is 7.86. The first kappa shape index (κ1) is 21.3. The minimum atomic E-state index is -0.885. The van der Waals surface area contributed by atoms with Crippen LogP contribution in [-0.2, 0) is 25.6 Å². The molecule has 0 aliphatic carbocycles. The molecule has 8 heteroatoms. The highest BCUT2D eigenvalue weighted by atomic mass is 16.4. The van der Waals surface area contributed by atoms with Crippen molar-refractivity contribution < 1.29 is 24.3 Å². The summed E-state index contributed by atoms with van der Waals surface area (Å²) in [4.78, 5) is 46.8.